The van der Waals surface area contributed by atoms with Crippen molar-refractivity contribution in [2.24, 2.45) is 11.8 Å². The van der Waals surface area contributed by atoms with Crippen LogP contribution >= 0.6 is 0 Å². The Labute approximate surface area is 99.6 Å². The van der Waals surface area contributed by atoms with E-state index in [9.17, 15) is 9.90 Å². The molecule has 3 unspecified atom stereocenters. The summed E-state index contributed by atoms with van der Waals surface area (Å²) in [7, 11) is 0. The molecule has 3 nitrogen and oxygen atoms in total. The SMILES string of the molecule is CCC(C)C(C)NC(C)(CC(C)C)C(=O)O. The molecule has 0 saturated heterocycles. The molecular formula is C13H27NO2. The zero-order chi connectivity index (χ0) is 12.9. The molecule has 96 valence electrons. The Morgan fingerprint density at radius 2 is 1.81 bits per heavy atom. The van der Waals surface area contributed by atoms with Gasteiger partial charge in [-0.25, -0.2) is 0 Å². The van der Waals surface area contributed by atoms with Gasteiger partial charge in [-0.15, -0.1) is 0 Å². The Morgan fingerprint density at radius 3 is 2.12 bits per heavy atom. The Hall–Kier alpha value is -0.570. The van der Waals surface area contributed by atoms with Crippen LogP contribution in [0.15, 0.2) is 0 Å². The van der Waals surface area contributed by atoms with Crippen LogP contribution < -0.4 is 5.32 Å². The van der Waals surface area contributed by atoms with E-state index in [1.165, 1.54) is 0 Å². The average Bonchev–Trinajstić information content (AvgIpc) is 2.14. The van der Waals surface area contributed by atoms with Crippen molar-refractivity contribution >= 4 is 5.97 Å². The van der Waals surface area contributed by atoms with Gasteiger partial charge in [-0.1, -0.05) is 34.1 Å². The van der Waals surface area contributed by atoms with E-state index in [2.05, 4.69) is 39.9 Å². The second kappa shape index (κ2) is 6.24. The van der Waals surface area contributed by atoms with Crippen LogP contribution in [0, 0.1) is 11.8 Å². The zero-order valence-electron chi connectivity index (χ0n) is 11.5. The lowest BCUT2D eigenvalue weighted by Gasteiger charge is -2.33. The number of hydrogen-bond donors (Lipinski definition) is 2. The first-order chi connectivity index (χ1) is 7.23. The normalized spacial score (nSPS) is 19.2. The van der Waals surface area contributed by atoms with Crippen molar-refractivity contribution in [1.82, 2.24) is 5.32 Å². The molecule has 0 amide bonds. The molecular weight excluding hydrogens is 202 g/mol. The number of nitrogens with one attached hydrogen (secondary N) is 1. The van der Waals surface area contributed by atoms with Crippen LogP contribution in [0.4, 0.5) is 0 Å². The summed E-state index contributed by atoms with van der Waals surface area (Å²) in [5.41, 5.74) is -0.809. The van der Waals surface area contributed by atoms with Gasteiger partial charge in [-0.05, 0) is 32.1 Å². The van der Waals surface area contributed by atoms with E-state index in [-0.39, 0.29) is 6.04 Å². The molecule has 0 fully saturated rings. The summed E-state index contributed by atoms with van der Waals surface area (Å²) in [6, 6.07) is 0.227. The lowest BCUT2D eigenvalue weighted by Crippen LogP contribution is -2.55. The fourth-order valence-corrected chi connectivity index (χ4v) is 2.02. The van der Waals surface area contributed by atoms with Crippen LogP contribution in [0.5, 0.6) is 0 Å². The van der Waals surface area contributed by atoms with Gasteiger partial charge in [0.15, 0.2) is 0 Å². The number of carbonyl (C=O) groups is 1. The summed E-state index contributed by atoms with van der Waals surface area (Å²) < 4.78 is 0. The maximum atomic E-state index is 11.3. The van der Waals surface area contributed by atoms with Crippen LogP contribution in [0.25, 0.3) is 0 Å². The maximum absolute atomic E-state index is 11.3. The number of aliphatic carboxylic acids is 1. The van der Waals surface area contributed by atoms with Gasteiger partial charge in [0, 0.05) is 6.04 Å². The first-order valence-corrected chi connectivity index (χ1v) is 6.24. The molecule has 0 aliphatic carbocycles. The topological polar surface area (TPSA) is 49.3 Å². The smallest absolute Gasteiger partial charge is 0.323 e. The monoisotopic (exact) mass is 229 g/mol. The molecule has 16 heavy (non-hydrogen) atoms. The summed E-state index contributed by atoms with van der Waals surface area (Å²) in [6.07, 6.45) is 1.72. The standard InChI is InChI=1S/C13H27NO2/c1-7-10(4)11(5)14-13(6,12(15)16)8-9(2)3/h9-11,14H,7-8H2,1-6H3,(H,15,16). The Bertz CT molecular complexity index is 228. The van der Waals surface area contributed by atoms with Crippen LogP contribution in [0.2, 0.25) is 0 Å². The summed E-state index contributed by atoms with van der Waals surface area (Å²) >= 11 is 0. The third kappa shape index (κ3) is 4.52. The van der Waals surface area contributed by atoms with Crippen molar-refractivity contribution < 1.29 is 9.90 Å². The van der Waals surface area contributed by atoms with Gasteiger partial charge < -0.3 is 5.11 Å². The predicted molar refractivity (Wildman–Crippen MR) is 67.5 cm³/mol. The molecule has 0 radical (unpaired) electrons. The Morgan fingerprint density at radius 1 is 1.31 bits per heavy atom. The van der Waals surface area contributed by atoms with Crippen molar-refractivity contribution in [2.45, 2.75) is 66.0 Å². The largest absolute Gasteiger partial charge is 0.480 e. The second-order valence-electron chi connectivity index (χ2n) is 5.55. The number of hydrogen-bond acceptors (Lipinski definition) is 2. The quantitative estimate of drug-likeness (QED) is 0.705. The van der Waals surface area contributed by atoms with Crippen molar-refractivity contribution in [1.29, 1.82) is 0 Å². The molecule has 0 bridgehead atoms. The summed E-state index contributed by atoms with van der Waals surface area (Å²) in [6.45, 7) is 12.2. The first-order valence-electron chi connectivity index (χ1n) is 6.24. The van der Waals surface area contributed by atoms with Gasteiger partial charge >= 0.3 is 5.97 Å². The highest BCUT2D eigenvalue weighted by Gasteiger charge is 2.35. The fraction of sp³-hybridized carbons (Fsp3) is 0.923. The van der Waals surface area contributed by atoms with Gasteiger partial charge in [0.05, 0.1) is 0 Å². The van der Waals surface area contributed by atoms with E-state index in [1.807, 2.05) is 0 Å². The van der Waals surface area contributed by atoms with Crippen molar-refractivity contribution in [3.05, 3.63) is 0 Å². The van der Waals surface area contributed by atoms with E-state index in [0.29, 0.717) is 18.3 Å². The van der Waals surface area contributed by atoms with E-state index >= 15 is 0 Å². The fourth-order valence-electron chi connectivity index (χ4n) is 2.02. The maximum Gasteiger partial charge on any atom is 0.323 e. The highest BCUT2D eigenvalue weighted by molar-refractivity contribution is 5.78. The molecule has 3 heteroatoms. The molecule has 0 aromatic carbocycles. The molecule has 2 N–H and O–H groups in total. The number of carboxylic acid groups (broad SMARTS) is 1. The molecule has 0 heterocycles. The highest BCUT2D eigenvalue weighted by Crippen LogP contribution is 2.20. The second-order valence-corrected chi connectivity index (χ2v) is 5.55. The summed E-state index contributed by atoms with van der Waals surface area (Å²) in [4.78, 5) is 11.3. The molecule has 0 saturated carbocycles. The van der Waals surface area contributed by atoms with Crippen LogP contribution in [0.1, 0.15) is 54.4 Å². The summed E-state index contributed by atoms with van der Waals surface area (Å²) in [5, 5.41) is 12.6. The molecule has 0 aliphatic heterocycles. The lowest BCUT2D eigenvalue weighted by atomic mass is 9.88. The molecule has 0 aromatic rings. The Balaban J connectivity index is 4.61. The molecule has 0 aromatic heterocycles. The van der Waals surface area contributed by atoms with E-state index < -0.39 is 11.5 Å². The van der Waals surface area contributed by atoms with Crippen molar-refractivity contribution in [2.75, 3.05) is 0 Å². The van der Waals surface area contributed by atoms with Gasteiger partial charge in [-0.2, -0.15) is 0 Å². The van der Waals surface area contributed by atoms with Gasteiger partial charge in [-0.3, -0.25) is 10.1 Å². The minimum absolute atomic E-state index is 0.227. The van der Waals surface area contributed by atoms with Gasteiger partial charge in [0.2, 0.25) is 0 Å². The lowest BCUT2D eigenvalue weighted by molar-refractivity contribution is -0.145. The van der Waals surface area contributed by atoms with Crippen molar-refractivity contribution in [3.63, 3.8) is 0 Å². The van der Waals surface area contributed by atoms with Crippen LogP contribution in [0.3, 0.4) is 0 Å². The molecule has 0 aliphatic rings. The third-order valence-corrected chi connectivity index (χ3v) is 3.33. The van der Waals surface area contributed by atoms with Crippen LogP contribution in [-0.4, -0.2) is 22.7 Å². The minimum atomic E-state index is -0.809. The summed E-state index contributed by atoms with van der Waals surface area (Å²) in [5.74, 6) is 0.111. The average molecular weight is 229 g/mol. The van der Waals surface area contributed by atoms with Gasteiger partial charge in [0.1, 0.15) is 5.54 Å². The zero-order valence-corrected chi connectivity index (χ0v) is 11.5. The minimum Gasteiger partial charge on any atom is -0.480 e. The molecule has 0 rings (SSSR count). The van der Waals surface area contributed by atoms with Crippen molar-refractivity contribution in [3.8, 4) is 0 Å². The van der Waals surface area contributed by atoms with E-state index in [0.717, 1.165) is 6.42 Å². The highest BCUT2D eigenvalue weighted by atomic mass is 16.4. The van der Waals surface area contributed by atoms with E-state index in [1.54, 1.807) is 6.92 Å². The molecule has 3 atom stereocenters. The predicted octanol–water partition coefficient (Wildman–Crippen LogP) is 2.90. The van der Waals surface area contributed by atoms with Gasteiger partial charge in [0.25, 0.3) is 0 Å². The number of rotatable bonds is 7. The Kier molecular flexibility index (Phi) is 6.01. The van der Waals surface area contributed by atoms with Crippen LogP contribution in [-0.2, 0) is 4.79 Å². The number of carboxylic acids is 1. The molecule has 0 spiro atoms. The van der Waals surface area contributed by atoms with E-state index in [4.69, 9.17) is 0 Å². The first kappa shape index (κ1) is 15.4. The third-order valence-electron chi connectivity index (χ3n) is 3.33.